The van der Waals surface area contributed by atoms with Gasteiger partial charge in [-0.1, -0.05) is 47.0 Å². The van der Waals surface area contributed by atoms with Crippen molar-refractivity contribution in [2.24, 2.45) is 5.92 Å². The van der Waals surface area contributed by atoms with E-state index in [2.05, 4.69) is 10.9 Å². The zero-order valence-corrected chi connectivity index (χ0v) is 21.5. The van der Waals surface area contributed by atoms with Gasteiger partial charge in [0, 0.05) is 24.7 Å². The summed E-state index contributed by atoms with van der Waals surface area (Å²) >= 11 is 12.1. The summed E-state index contributed by atoms with van der Waals surface area (Å²) in [7, 11) is 0. The van der Waals surface area contributed by atoms with Crippen LogP contribution in [0, 0.1) is 12.8 Å². The number of hydrogen-bond acceptors (Lipinski definition) is 5. The average molecular weight is 528 g/mol. The smallest absolute Gasteiger partial charge is 0.243 e. The molecule has 4 rings (SSSR count). The first-order valence-electron chi connectivity index (χ1n) is 11.6. The van der Waals surface area contributed by atoms with Crippen molar-refractivity contribution in [3.8, 4) is 11.5 Å². The van der Waals surface area contributed by atoms with Crippen LogP contribution in [0.4, 0.5) is 11.4 Å². The van der Waals surface area contributed by atoms with Gasteiger partial charge < -0.3 is 14.4 Å². The first-order chi connectivity index (χ1) is 17.3. The van der Waals surface area contributed by atoms with E-state index in [4.69, 9.17) is 32.7 Å². The van der Waals surface area contributed by atoms with Gasteiger partial charge in [0.2, 0.25) is 11.8 Å². The fraction of sp³-hybridized carbons (Fsp3) is 0.259. The van der Waals surface area contributed by atoms with Gasteiger partial charge in [-0.05, 0) is 55.8 Å². The van der Waals surface area contributed by atoms with E-state index in [-0.39, 0.29) is 24.8 Å². The van der Waals surface area contributed by atoms with Crippen LogP contribution >= 0.6 is 23.2 Å². The maximum absolute atomic E-state index is 12.8. The molecule has 1 fully saturated rings. The molecule has 1 heterocycles. The molecule has 1 atom stereocenters. The van der Waals surface area contributed by atoms with E-state index in [1.54, 1.807) is 35.2 Å². The molecule has 1 aliphatic heterocycles. The third-order valence-electron chi connectivity index (χ3n) is 5.79. The van der Waals surface area contributed by atoms with Gasteiger partial charge in [-0.2, -0.15) is 0 Å². The van der Waals surface area contributed by atoms with Crippen molar-refractivity contribution in [3.63, 3.8) is 0 Å². The molecule has 7 nitrogen and oxygen atoms in total. The van der Waals surface area contributed by atoms with Crippen molar-refractivity contribution in [3.05, 3.63) is 81.8 Å². The minimum atomic E-state index is -0.452. The van der Waals surface area contributed by atoms with Crippen molar-refractivity contribution in [1.82, 2.24) is 5.43 Å². The fourth-order valence-electron chi connectivity index (χ4n) is 3.86. The van der Waals surface area contributed by atoms with Crippen LogP contribution in [0.25, 0.3) is 0 Å². The summed E-state index contributed by atoms with van der Waals surface area (Å²) in [5.41, 5.74) is 9.02. The molecule has 188 valence electrons. The summed E-state index contributed by atoms with van der Waals surface area (Å²) in [5, 5.41) is 0.946. The number of carbonyl (C=O) groups excluding carboxylic acids is 2. The number of benzene rings is 3. The molecule has 1 saturated heterocycles. The third-order valence-corrected chi connectivity index (χ3v) is 6.53. The van der Waals surface area contributed by atoms with Crippen LogP contribution < -0.4 is 25.2 Å². The molecule has 0 aliphatic carbocycles. The molecular formula is C27H27Cl2N3O4. The van der Waals surface area contributed by atoms with Gasteiger partial charge in [0.05, 0.1) is 28.3 Å². The summed E-state index contributed by atoms with van der Waals surface area (Å²) < 4.78 is 11.6. The molecule has 1 aliphatic rings. The Morgan fingerprint density at radius 3 is 2.50 bits per heavy atom. The fourth-order valence-corrected chi connectivity index (χ4v) is 4.18. The zero-order valence-electron chi connectivity index (χ0n) is 20.0. The second kappa shape index (κ2) is 11.5. The number of anilines is 2. The average Bonchev–Trinajstić information content (AvgIpc) is 3.26. The minimum absolute atomic E-state index is 0.0684. The van der Waals surface area contributed by atoms with Crippen LogP contribution in [0.3, 0.4) is 0 Å². The number of halogens is 2. The molecule has 0 unspecified atom stereocenters. The maximum Gasteiger partial charge on any atom is 0.243 e. The highest BCUT2D eigenvalue weighted by Gasteiger charge is 2.35. The van der Waals surface area contributed by atoms with Crippen LogP contribution in [0.15, 0.2) is 60.7 Å². The van der Waals surface area contributed by atoms with Gasteiger partial charge >= 0.3 is 0 Å². The Kier molecular flexibility index (Phi) is 8.23. The predicted octanol–water partition coefficient (Wildman–Crippen LogP) is 5.78. The molecule has 0 radical (unpaired) electrons. The lowest BCUT2D eigenvalue weighted by molar-refractivity contribution is -0.125. The second-order valence-corrected chi connectivity index (χ2v) is 9.30. The first kappa shape index (κ1) is 25.7. The molecular weight excluding hydrogens is 501 g/mol. The predicted molar refractivity (Wildman–Crippen MR) is 142 cm³/mol. The van der Waals surface area contributed by atoms with E-state index in [0.717, 1.165) is 16.8 Å². The molecule has 3 aromatic carbocycles. The number of rotatable bonds is 9. The van der Waals surface area contributed by atoms with Gasteiger partial charge in [0.15, 0.2) is 11.5 Å². The van der Waals surface area contributed by atoms with Crippen LogP contribution in [0.5, 0.6) is 11.5 Å². The van der Waals surface area contributed by atoms with Crippen molar-refractivity contribution in [2.45, 2.75) is 26.9 Å². The molecule has 3 aromatic rings. The summed E-state index contributed by atoms with van der Waals surface area (Å²) in [6.07, 6.45) is 0.160. The second-order valence-electron chi connectivity index (χ2n) is 8.49. The highest BCUT2D eigenvalue weighted by atomic mass is 35.5. The van der Waals surface area contributed by atoms with Crippen molar-refractivity contribution >= 4 is 46.4 Å². The first-order valence-corrected chi connectivity index (χ1v) is 12.4. The van der Waals surface area contributed by atoms with Gasteiger partial charge in [-0.25, -0.2) is 0 Å². The van der Waals surface area contributed by atoms with Gasteiger partial charge in [-0.15, -0.1) is 0 Å². The highest BCUT2D eigenvalue weighted by molar-refractivity contribution is 6.42. The lowest BCUT2D eigenvalue weighted by atomic mass is 10.1. The Morgan fingerprint density at radius 2 is 1.78 bits per heavy atom. The van der Waals surface area contributed by atoms with Crippen LogP contribution in [-0.2, 0) is 16.2 Å². The summed E-state index contributed by atoms with van der Waals surface area (Å²) in [6, 6.07) is 18.3. The van der Waals surface area contributed by atoms with Crippen molar-refractivity contribution in [1.29, 1.82) is 0 Å². The molecule has 2 N–H and O–H groups in total. The van der Waals surface area contributed by atoms with E-state index in [1.165, 1.54) is 0 Å². The topological polar surface area (TPSA) is 79.9 Å². The van der Waals surface area contributed by atoms with Gasteiger partial charge in [0.1, 0.15) is 6.61 Å². The number of hydrogen-bond donors (Lipinski definition) is 2. The van der Waals surface area contributed by atoms with E-state index in [1.807, 2.05) is 44.2 Å². The molecule has 0 bridgehead atoms. The normalized spacial score (nSPS) is 15.1. The Labute approximate surface area is 220 Å². The molecule has 0 aromatic heterocycles. The molecule has 2 amide bonds. The van der Waals surface area contributed by atoms with E-state index in [0.29, 0.717) is 40.4 Å². The monoisotopic (exact) mass is 527 g/mol. The SMILES string of the molecule is CCOc1cc(NNC(=O)[C@H]2CC(=O)N(c3ccc(C)cc3)C2)ccc1OCc1ccc(Cl)c(Cl)c1. The Hall–Kier alpha value is -3.42. The van der Waals surface area contributed by atoms with E-state index < -0.39 is 5.92 Å². The Bertz CT molecular complexity index is 1250. The number of nitrogens with zero attached hydrogens (tertiary/aromatic N) is 1. The Morgan fingerprint density at radius 1 is 1.00 bits per heavy atom. The third kappa shape index (κ3) is 6.22. The lowest BCUT2D eigenvalue weighted by Gasteiger charge is -2.18. The minimum Gasteiger partial charge on any atom is -0.490 e. The largest absolute Gasteiger partial charge is 0.490 e. The maximum atomic E-state index is 12.8. The van der Waals surface area contributed by atoms with Crippen LogP contribution in [-0.4, -0.2) is 25.0 Å². The molecule has 36 heavy (non-hydrogen) atoms. The molecule has 9 heteroatoms. The van der Waals surface area contributed by atoms with Crippen LogP contribution in [0.2, 0.25) is 10.0 Å². The number of ether oxygens (including phenoxy) is 2. The van der Waals surface area contributed by atoms with E-state index in [9.17, 15) is 9.59 Å². The quantitative estimate of drug-likeness (QED) is 0.345. The summed E-state index contributed by atoms with van der Waals surface area (Å²) in [5.74, 6) is 0.303. The molecule has 0 spiro atoms. The van der Waals surface area contributed by atoms with Crippen LogP contribution in [0.1, 0.15) is 24.5 Å². The van der Waals surface area contributed by atoms with E-state index >= 15 is 0 Å². The number of carbonyl (C=O) groups is 2. The zero-order chi connectivity index (χ0) is 25.7. The highest BCUT2D eigenvalue weighted by Crippen LogP contribution is 2.32. The number of aryl methyl sites for hydroxylation is 1. The summed E-state index contributed by atoms with van der Waals surface area (Å²) in [4.78, 5) is 26.9. The van der Waals surface area contributed by atoms with Crippen molar-refractivity contribution < 1.29 is 19.1 Å². The van der Waals surface area contributed by atoms with Crippen molar-refractivity contribution in [2.75, 3.05) is 23.5 Å². The van der Waals surface area contributed by atoms with Gasteiger partial charge in [-0.3, -0.25) is 20.4 Å². The molecule has 0 saturated carbocycles. The summed E-state index contributed by atoms with van der Waals surface area (Å²) in [6.45, 7) is 4.93. The Balaban J connectivity index is 1.35. The lowest BCUT2D eigenvalue weighted by Crippen LogP contribution is -2.36. The number of amides is 2. The number of nitrogens with one attached hydrogen (secondary N) is 2. The van der Waals surface area contributed by atoms with Gasteiger partial charge in [0.25, 0.3) is 0 Å². The number of hydrazine groups is 1. The standard InChI is InChI=1S/C27H27Cl2N3O4/c1-3-35-25-14-20(7-11-24(25)36-16-18-6-10-22(28)23(29)12-18)30-31-27(34)19-13-26(33)32(15-19)21-8-4-17(2)5-9-21/h4-12,14,19,30H,3,13,15-16H2,1-2H3,(H,31,34)/t19-/m0/s1.